The number of amides is 1. The number of rotatable bonds is 5. The fourth-order valence-electron chi connectivity index (χ4n) is 6.26. The van der Waals surface area contributed by atoms with Crippen molar-refractivity contribution in [2.45, 2.75) is 91.1 Å². The number of halogens is 2. The summed E-state index contributed by atoms with van der Waals surface area (Å²) in [5.41, 5.74) is 0.398. The number of carbonyl (C=O) groups is 1. The van der Waals surface area contributed by atoms with E-state index in [0.717, 1.165) is 23.5 Å². The Hall–Kier alpha value is -4.74. The van der Waals surface area contributed by atoms with Crippen LogP contribution >= 0.6 is 0 Å². The molecule has 2 aromatic heterocycles. The molecule has 1 aliphatic carbocycles. The van der Waals surface area contributed by atoms with Crippen molar-refractivity contribution in [1.29, 1.82) is 0 Å². The Morgan fingerprint density at radius 1 is 1.09 bits per heavy atom. The van der Waals surface area contributed by atoms with Gasteiger partial charge in [-0.2, -0.15) is 0 Å². The fourth-order valence-corrected chi connectivity index (χ4v) is 6.26. The summed E-state index contributed by atoms with van der Waals surface area (Å²) in [5.74, 6) is -1.03. The van der Waals surface area contributed by atoms with Crippen LogP contribution in [0.25, 0.3) is 16.7 Å². The second kappa shape index (κ2) is 13.5. The van der Waals surface area contributed by atoms with E-state index in [2.05, 4.69) is 10.3 Å². The van der Waals surface area contributed by atoms with E-state index in [9.17, 15) is 23.2 Å². The zero-order valence-corrected chi connectivity index (χ0v) is 27.7. The number of aryl methyl sites for hydroxylation is 1. The van der Waals surface area contributed by atoms with Gasteiger partial charge in [-0.25, -0.2) is 27.9 Å². The molecule has 6 rings (SSSR count). The van der Waals surface area contributed by atoms with E-state index in [-0.39, 0.29) is 35.6 Å². The molecular formula is C35H42F2N6O4. The molecule has 0 bridgehead atoms. The number of hydrogen-bond donors (Lipinski definition) is 1. The minimum absolute atomic E-state index is 0.0175. The summed E-state index contributed by atoms with van der Waals surface area (Å²) in [6.07, 6.45) is 8.37. The summed E-state index contributed by atoms with van der Waals surface area (Å²) < 4.78 is 36.5. The number of ether oxygens (including phenoxy) is 1. The average Bonchev–Trinajstić information content (AvgIpc) is 3.42. The Morgan fingerprint density at radius 2 is 1.81 bits per heavy atom. The number of nitrogens with one attached hydrogen (secondary N) is 1. The summed E-state index contributed by atoms with van der Waals surface area (Å²) >= 11 is 0. The number of carbonyl (C=O) groups excluding carboxylic acids is 1. The minimum Gasteiger partial charge on any atom is -0.444 e. The van der Waals surface area contributed by atoms with E-state index in [0.29, 0.717) is 31.4 Å². The van der Waals surface area contributed by atoms with E-state index in [1.54, 1.807) is 48.9 Å². The molecule has 2 aliphatic heterocycles. The SMILES string of the molecule is CC.Cc1cccc(-n2c(=O)n(C3CCC(N(CC4=CN5C=C(F)C=CC5N4)C(=O)OC(C)(C)C)CC3)c(=O)c3cc(F)cnc32)c1. The smallest absolute Gasteiger partial charge is 0.410 e. The summed E-state index contributed by atoms with van der Waals surface area (Å²) in [7, 11) is 0. The predicted octanol–water partition coefficient (Wildman–Crippen LogP) is 6.20. The van der Waals surface area contributed by atoms with Crippen LogP contribution in [-0.4, -0.2) is 54.4 Å². The van der Waals surface area contributed by atoms with Crippen molar-refractivity contribution in [3.8, 4) is 5.69 Å². The van der Waals surface area contributed by atoms with Gasteiger partial charge in [-0.15, -0.1) is 0 Å². The van der Waals surface area contributed by atoms with E-state index in [1.807, 2.05) is 39.0 Å². The highest BCUT2D eigenvalue weighted by Gasteiger charge is 2.35. The highest BCUT2D eigenvalue weighted by atomic mass is 19.1. The first-order valence-corrected chi connectivity index (χ1v) is 16.1. The van der Waals surface area contributed by atoms with Crippen LogP contribution in [0, 0.1) is 12.7 Å². The Bertz CT molecular complexity index is 1860. The third-order valence-electron chi connectivity index (χ3n) is 8.26. The standard InChI is InChI=1S/C33H36F2N6O4.C2H6/c1-20-6-5-7-26(14-20)40-29-27(15-22(35)16-36-29)30(42)41(31(40)43)25-11-9-24(10-12-25)39(32(44)45-33(2,3)4)19-23-18-38-17-21(34)8-13-28(38)37-23;1-2/h5-8,13-18,24-25,28,37H,9-12,19H2,1-4H3;1-2H3. The fraction of sp³-hybridized carbons (Fsp3) is 0.429. The van der Waals surface area contributed by atoms with Gasteiger partial charge in [0.05, 0.1) is 23.8 Å². The lowest BCUT2D eigenvalue weighted by Gasteiger charge is -2.38. The van der Waals surface area contributed by atoms with Crippen LogP contribution in [0.15, 0.2) is 82.2 Å². The summed E-state index contributed by atoms with van der Waals surface area (Å²) in [4.78, 5) is 48.7. The number of allylic oxidation sites excluding steroid dienone is 2. The molecule has 3 aromatic rings. The molecule has 47 heavy (non-hydrogen) atoms. The van der Waals surface area contributed by atoms with Crippen LogP contribution in [0.3, 0.4) is 0 Å². The normalized spacial score (nSPS) is 20.4. The molecule has 4 heterocycles. The molecule has 3 aliphatic rings. The highest BCUT2D eigenvalue weighted by Crippen LogP contribution is 2.32. The zero-order valence-electron chi connectivity index (χ0n) is 27.7. The van der Waals surface area contributed by atoms with Crippen molar-refractivity contribution in [3.63, 3.8) is 0 Å². The Balaban J connectivity index is 0.00000213. The molecule has 0 radical (unpaired) electrons. The van der Waals surface area contributed by atoms with Gasteiger partial charge in [0.1, 0.15) is 23.4 Å². The van der Waals surface area contributed by atoms with Crippen molar-refractivity contribution in [3.05, 3.63) is 105 Å². The average molecular weight is 649 g/mol. The third-order valence-corrected chi connectivity index (χ3v) is 8.26. The van der Waals surface area contributed by atoms with Crippen molar-refractivity contribution in [2.24, 2.45) is 0 Å². The van der Waals surface area contributed by atoms with Gasteiger partial charge in [0.2, 0.25) is 0 Å². The van der Waals surface area contributed by atoms with Crippen molar-refractivity contribution < 1.29 is 18.3 Å². The van der Waals surface area contributed by atoms with Gasteiger partial charge in [0.15, 0.2) is 5.65 Å². The van der Waals surface area contributed by atoms with Crippen LogP contribution in [0.5, 0.6) is 0 Å². The van der Waals surface area contributed by atoms with Gasteiger partial charge in [-0.3, -0.25) is 14.3 Å². The maximum Gasteiger partial charge on any atom is 0.410 e. The maximum absolute atomic E-state index is 14.3. The molecule has 1 unspecified atom stereocenters. The number of hydrogen-bond acceptors (Lipinski definition) is 7. The van der Waals surface area contributed by atoms with E-state index >= 15 is 0 Å². The molecule has 1 atom stereocenters. The van der Waals surface area contributed by atoms with E-state index in [1.165, 1.54) is 21.4 Å². The number of nitrogens with zero attached hydrogens (tertiary/aromatic N) is 5. The Morgan fingerprint density at radius 3 is 2.49 bits per heavy atom. The molecule has 0 saturated heterocycles. The molecule has 10 nitrogen and oxygen atoms in total. The summed E-state index contributed by atoms with van der Waals surface area (Å²) in [6, 6.07) is 7.68. The highest BCUT2D eigenvalue weighted by molar-refractivity contribution is 5.75. The number of benzene rings is 1. The molecule has 1 saturated carbocycles. The van der Waals surface area contributed by atoms with Gasteiger partial charge in [-0.05, 0) is 89.3 Å². The van der Waals surface area contributed by atoms with Crippen molar-refractivity contribution in [2.75, 3.05) is 6.54 Å². The third kappa shape index (κ3) is 7.16. The molecule has 1 fully saturated rings. The van der Waals surface area contributed by atoms with E-state index < -0.39 is 34.8 Å². The molecule has 1 amide bonds. The summed E-state index contributed by atoms with van der Waals surface area (Å²) in [6.45, 7) is 11.5. The molecule has 1 aromatic carbocycles. The molecule has 1 N–H and O–H groups in total. The van der Waals surface area contributed by atoms with E-state index in [4.69, 9.17) is 4.74 Å². The lowest BCUT2D eigenvalue weighted by molar-refractivity contribution is 0.0125. The number of fused-ring (bicyclic) bond motifs is 2. The van der Waals surface area contributed by atoms with Gasteiger partial charge < -0.3 is 15.0 Å². The van der Waals surface area contributed by atoms with Gasteiger partial charge in [-0.1, -0.05) is 26.0 Å². The largest absolute Gasteiger partial charge is 0.444 e. The molecule has 250 valence electrons. The van der Waals surface area contributed by atoms with Crippen LogP contribution < -0.4 is 16.6 Å². The van der Waals surface area contributed by atoms with Crippen molar-refractivity contribution >= 4 is 17.1 Å². The van der Waals surface area contributed by atoms with Crippen LogP contribution in [0.4, 0.5) is 13.6 Å². The minimum atomic E-state index is -0.724. The number of aromatic nitrogens is 3. The van der Waals surface area contributed by atoms with Crippen LogP contribution in [0.2, 0.25) is 0 Å². The Labute approximate surface area is 272 Å². The second-order valence-corrected chi connectivity index (χ2v) is 12.8. The van der Waals surface area contributed by atoms with Crippen molar-refractivity contribution in [1.82, 2.24) is 29.2 Å². The second-order valence-electron chi connectivity index (χ2n) is 12.8. The predicted molar refractivity (Wildman–Crippen MR) is 177 cm³/mol. The zero-order chi connectivity index (χ0) is 34.0. The molecular weight excluding hydrogens is 606 g/mol. The van der Waals surface area contributed by atoms with Gasteiger partial charge >= 0.3 is 11.8 Å². The van der Waals surface area contributed by atoms with Gasteiger partial charge in [0.25, 0.3) is 5.56 Å². The first-order chi connectivity index (χ1) is 22.4. The topological polar surface area (TPSA) is 102 Å². The quantitative estimate of drug-likeness (QED) is 0.352. The maximum atomic E-state index is 14.3. The van der Waals surface area contributed by atoms with Crippen LogP contribution in [0.1, 0.15) is 71.9 Å². The number of pyridine rings is 1. The van der Waals surface area contributed by atoms with Crippen LogP contribution in [-0.2, 0) is 4.74 Å². The summed E-state index contributed by atoms with van der Waals surface area (Å²) in [5, 5.41) is 3.33. The molecule has 12 heteroatoms. The lowest BCUT2D eigenvalue weighted by atomic mass is 9.90. The Kier molecular flexibility index (Phi) is 9.69. The first-order valence-electron chi connectivity index (χ1n) is 16.1. The molecule has 0 spiro atoms. The lowest BCUT2D eigenvalue weighted by Crippen LogP contribution is -2.49. The van der Waals surface area contributed by atoms with Gasteiger partial charge in [0, 0.05) is 30.2 Å². The first kappa shape index (κ1) is 33.6. The monoisotopic (exact) mass is 648 g/mol.